The molecule has 0 spiro atoms. The van der Waals surface area contributed by atoms with Crippen LogP contribution in [-0.2, 0) is 0 Å². The van der Waals surface area contributed by atoms with E-state index in [1.807, 2.05) is 24.3 Å². The summed E-state index contributed by atoms with van der Waals surface area (Å²) in [4.78, 5) is 15.9. The van der Waals surface area contributed by atoms with Crippen LogP contribution in [0.4, 0.5) is 0 Å². The normalized spacial score (nSPS) is 11.7. The van der Waals surface area contributed by atoms with E-state index >= 15 is 0 Å². The van der Waals surface area contributed by atoms with E-state index in [9.17, 15) is 0 Å². The standard InChI is InChI=1S/C65H41N5/c1-5-19-42(20-6-1)45-33-35-47(36-34-45)64-66-63(46-25-11-4-12-26-46)67-65(68-64)70-56-32-18-17-31-55(56)59-57(70)37-38-58-61(59)60-53-29-15-13-27-51(53)52-28-14-16-30-54(52)62(60)69(58)50-40-48(43-21-7-2-8-22-43)39-49(41-50)44-23-9-3-10-24-44/h1-41H. The highest BCUT2D eigenvalue weighted by Gasteiger charge is 2.26. The van der Waals surface area contributed by atoms with Crippen molar-refractivity contribution in [1.29, 1.82) is 0 Å². The Morgan fingerprint density at radius 1 is 0.243 bits per heavy atom. The molecule has 0 saturated heterocycles. The first-order chi connectivity index (χ1) is 34.7. The molecule has 0 aliphatic heterocycles. The number of aromatic nitrogens is 5. The Labute approximate surface area is 403 Å². The molecule has 0 saturated carbocycles. The van der Waals surface area contributed by atoms with Gasteiger partial charge in [-0.3, -0.25) is 4.57 Å². The van der Waals surface area contributed by atoms with Gasteiger partial charge in [0.15, 0.2) is 11.6 Å². The highest BCUT2D eigenvalue weighted by molar-refractivity contribution is 6.38. The van der Waals surface area contributed by atoms with Gasteiger partial charge in [0.25, 0.3) is 0 Å². The number of benzene rings is 11. The minimum absolute atomic E-state index is 0.559. The van der Waals surface area contributed by atoms with E-state index in [-0.39, 0.29) is 0 Å². The second kappa shape index (κ2) is 16.1. The summed E-state index contributed by atoms with van der Waals surface area (Å²) in [5, 5.41) is 9.52. The molecule has 326 valence electrons. The molecule has 0 fully saturated rings. The van der Waals surface area contributed by atoms with Crippen molar-refractivity contribution in [3.8, 4) is 67.8 Å². The molecule has 5 nitrogen and oxygen atoms in total. The lowest BCUT2D eigenvalue weighted by Crippen LogP contribution is -2.06. The van der Waals surface area contributed by atoms with Crippen LogP contribution >= 0.6 is 0 Å². The second-order valence-electron chi connectivity index (χ2n) is 17.9. The van der Waals surface area contributed by atoms with Crippen molar-refractivity contribution in [2.75, 3.05) is 0 Å². The summed E-state index contributed by atoms with van der Waals surface area (Å²) in [5.41, 5.74) is 14.2. The predicted octanol–water partition coefficient (Wildman–Crippen LogP) is 16.7. The Bertz CT molecular complexity index is 4250. The molecule has 0 aliphatic carbocycles. The summed E-state index contributed by atoms with van der Waals surface area (Å²) in [5.74, 6) is 1.78. The Hall–Kier alpha value is -9.45. The van der Waals surface area contributed by atoms with Gasteiger partial charge in [0.1, 0.15) is 0 Å². The van der Waals surface area contributed by atoms with E-state index in [0.717, 1.165) is 66.4 Å². The summed E-state index contributed by atoms with van der Waals surface area (Å²) in [7, 11) is 0. The molecule has 0 radical (unpaired) electrons. The van der Waals surface area contributed by atoms with E-state index in [1.165, 1.54) is 49.0 Å². The van der Waals surface area contributed by atoms with Gasteiger partial charge in [-0.1, -0.05) is 212 Å². The third kappa shape index (κ3) is 6.36. The van der Waals surface area contributed by atoms with Crippen molar-refractivity contribution in [2.45, 2.75) is 0 Å². The summed E-state index contributed by atoms with van der Waals surface area (Å²) in [6.45, 7) is 0. The maximum absolute atomic E-state index is 5.37. The smallest absolute Gasteiger partial charge is 0.238 e. The molecular weight excluding hydrogens is 851 g/mol. The molecule has 5 heteroatoms. The van der Waals surface area contributed by atoms with Gasteiger partial charge in [0, 0.05) is 43.7 Å². The fourth-order valence-corrected chi connectivity index (χ4v) is 10.8. The van der Waals surface area contributed by atoms with Gasteiger partial charge in [-0.05, 0) is 85.9 Å². The summed E-state index contributed by atoms with van der Waals surface area (Å²) >= 11 is 0. The van der Waals surface area contributed by atoms with Gasteiger partial charge in [-0.2, -0.15) is 9.97 Å². The van der Waals surface area contributed by atoms with Gasteiger partial charge in [-0.15, -0.1) is 0 Å². The number of hydrogen-bond acceptors (Lipinski definition) is 3. The lowest BCUT2D eigenvalue weighted by Gasteiger charge is -2.15. The predicted molar refractivity (Wildman–Crippen MR) is 291 cm³/mol. The average molecular weight is 892 g/mol. The van der Waals surface area contributed by atoms with Crippen molar-refractivity contribution < 1.29 is 0 Å². The Morgan fingerprint density at radius 3 is 1.24 bits per heavy atom. The van der Waals surface area contributed by atoms with E-state index in [2.05, 4.69) is 234 Å². The van der Waals surface area contributed by atoms with Gasteiger partial charge >= 0.3 is 0 Å². The first-order valence-electron chi connectivity index (χ1n) is 23.8. The van der Waals surface area contributed by atoms with Gasteiger partial charge in [-0.25, -0.2) is 4.98 Å². The molecule has 3 heterocycles. The molecule has 0 unspecified atom stereocenters. The van der Waals surface area contributed by atoms with E-state index in [1.54, 1.807) is 0 Å². The van der Waals surface area contributed by atoms with Crippen molar-refractivity contribution >= 4 is 65.2 Å². The Balaban J connectivity index is 1.10. The van der Waals surface area contributed by atoms with Crippen LogP contribution in [-0.4, -0.2) is 24.1 Å². The molecule has 70 heavy (non-hydrogen) atoms. The lowest BCUT2D eigenvalue weighted by atomic mass is 9.95. The molecule has 11 aromatic carbocycles. The highest BCUT2D eigenvalue weighted by atomic mass is 15.2. The van der Waals surface area contributed by atoms with E-state index in [0.29, 0.717) is 17.6 Å². The molecule has 0 N–H and O–H groups in total. The van der Waals surface area contributed by atoms with Crippen LogP contribution in [0.25, 0.3) is 133 Å². The largest absolute Gasteiger partial charge is 0.309 e. The van der Waals surface area contributed by atoms with Crippen LogP contribution in [0.5, 0.6) is 0 Å². The zero-order valence-corrected chi connectivity index (χ0v) is 37.9. The third-order valence-electron chi connectivity index (χ3n) is 13.9. The van der Waals surface area contributed by atoms with Crippen LogP contribution in [0.15, 0.2) is 249 Å². The molecule has 0 aliphatic rings. The van der Waals surface area contributed by atoms with Crippen LogP contribution < -0.4 is 0 Å². The first kappa shape index (κ1) is 39.7. The summed E-state index contributed by atoms with van der Waals surface area (Å²) < 4.78 is 4.77. The molecule has 3 aromatic heterocycles. The number of nitrogens with zero attached hydrogens (tertiary/aromatic N) is 5. The molecule has 0 amide bonds. The quantitative estimate of drug-likeness (QED) is 0.150. The minimum Gasteiger partial charge on any atom is -0.309 e. The topological polar surface area (TPSA) is 48.5 Å². The first-order valence-corrected chi connectivity index (χ1v) is 23.8. The zero-order valence-electron chi connectivity index (χ0n) is 37.9. The summed E-state index contributed by atoms with van der Waals surface area (Å²) in [6, 6.07) is 88.9. The average Bonchev–Trinajstić information content (AvgIpc) is 3.98. The van der Waals surface area contributed by atoms with Crippen molar-refractivity contribution in [3.05, 3.63) is 249 Å². The fourth-order valence-electron chi connectivity index (χ4n) is 10.8. The number of fused-ring (bicyclic) bond motifs is 12. The van der Waals surface area contributed by atoms with E-state index < -0.39 is 0 Å². The molecule has 14 aromatic rings. The molecular formula is C65H41N5. The third-order valence-corrected chi connectivity index (χ3v) is 13.9. The van der Waals surface area contributed by atoms with Gasteiger partial charge < -0.3 is 4.57 Å². The van der Waals surface area contributed by atoms with Crippen molar-refractivity contribution in [1.82, 2.24) is 24.1 Å². The van der Waals surface area contributed by atoms with Crippen LogP contribution in [0, 0.1) is 0 Å². The van der Waals surface area contributed by atoms with Crippen molar-refractivity contribution in [3.63, 3.8) is 0 Å². The van der Waals surface area contributed by atoms with Gasteiger partial charge in [0.05, 0.1) is 22.1 Å². The lowest BCUT2D eigenvalue weighted by molar-refractivity contribution is 0.953. The van der Waals surface area contributed by atoms with Crippen molar-refractivity contribution in [2.24, 2.45) is 0 Å². The van der Waals surface area contributed by atoms with Crippen LogP contribution in [0.1, 0.15) is 0 Å². The number of hydrogen-bond donors (Lipinski definition) is 0. The van der Waals surface area contributed by atoms with Gasteiger partial charge in [0.2, 0.25) is 5.95 Å². The highest BCUT2D eigenvalue weighted by Crippen LogP contribution is 2.48. The Morgan fingerprint density at radius 2 is 0.657 bits per heavy atom. The minimum atomic E-state index is 0.559. The number of para-hydroxylation sites is 1. The Kier molecular flexibility index (Phi) is 9.14. The SMILES string of the molecule is c1ccc(-c2ccc(-c3nc(-c4ccccc4)nc(-n4c5ccccc5c5c6c7c8ccccc8c8ccccc8c7n(-c7cc(-c8ccccc8)cc(-c8ccccc8)c7)c6ccc54)n3)cc2)cc1. The fraction of sp³-hybridized carbons (Fsp3) is 0. The monoisotopic (exact) mass is 891 g/mol. The van der Waals surface area contributed by atoms with E-state index in [4.69, 9.17) is 15.0 Å². The van der Waals surface area contributed by atoms with Crippen LogP contribution in [0.2, 0.25) is 0 Å². The molecule has 0 bridgehead atoms. The zero-order chi connectivity index (χ0) is 46.1. The molecule has 0 atom stereocenters. The second-order valence-corrected chi connectivity index (χ2v) is 17.9. The van der Waals surface area contributed by atoms with Crippen LogP contribution in [0.3, 0.4) is 0 Å². The maximum Gasteiger partial charge on any atom is 0.238 e. The number of rotatable bonds is 7. The maximum atomic E-state index is 5.37. The summed E-state index contributed by atoms with van der Waals surface area (Å²) in [6.07, 6.45) is 0. The molecule has 14 rings (SSSR count).